The van der Waals surface area contributed by atoms with Crippen LogP contribution in [0.1, 0.15) is 30.7 Å². The fourth-order valence-electron chi connectivity index (χ4n) is 4.32. The summed E-state index contributed by atoms with van der Waals surface area (Å²) in [5.74, 6) is -0.233. The van der Waals surface area contributed by atoms with Gasteiger partial charge in [-0.1, -0.05) is 84.0 Å². The Balaban J connectivity index is 0.00000210. The summed E-state index contributed by atoms with van der Waals surface area (Å²) in [4.78, 5) is 32.3. The normalized spacial score (nSPS) is 10.7. The summed E-state index contributed by atoms with van der Waals surface area (Å²) in [5.41, 5.74) is 5.79. The monoisotopic (exact) mass is 518 g/mol. The molecule has 0 aliphatic heterocycles. The van der Waals surface area contributed by atoms with Gasteiger partial charge in [-0.05, 0) is 36.1 Å². The second kappa shape index (κ2) is 12.2. The molecule has 0 bridgehead atoms. The summed E-state index contributed by atoms with van der Waals surface area (Å²) in [6.07, 6.45) is 0.505. The number of ether oxygens (including phenoxy) is 1. The van der Waals surface area contributed by atoms with E-state index in [1.165, 1.54) is 0 Å². The van der Waals surface area contributed by atoms with E-state index in [4.69, 9.17) is 4.74 Å². The van der Waals surface area contributed by atoms with Gasteiger partial charge in [-0.15, -0.1) is 0 Å². The Bertz CT molecular complexity index is 1650. The quantitative estimate of drug-likeness (QED) is 0.314. The van der Waals surface area contributed by atoms with Gasteiger partial charge in [-0.3, -0.25) is 18.9 Å². The molecule has 0 aliphatic carbocycles. The third-order valence-electron chi connectivity index (χ3n) is 6.16. The summed E-state index contributed by atoms with van der Waals surface area (Å²) in [7, 11) is 0. The minimum absolute atomic E-state index is 0. The number of nitrogens with one attached hydrogen (secondary N) is 1. The first-order valence-corrected chi connectivity index (χ1v) is 12.0. The fraction of sp³-hybridized carbons (Fsp3) is 0.172. The average Bonchev–Trinajstić information content (AvgIpc) is 3.36. The Morgan fingerprint density at radius 2 is 1.61 bits per heavy atom. The maximum Gasteiger partial charge on any atom is 1.00 e. The Kier molecular flexibility index (Phi) is 8.78. The van der Waals surface area contributed by atoms with Crippen LogP contribution in [-0.4, -0.2) is 26.3 Å². The molecule has 0 spiro atoms. The third-order valence-corrected chi connectivity index (χ3v) is 6.16. The zero-order valence-electron chi connectivity index (χ0n) is 22.6. The number of rotatable bonds is 8. The van der Waals surface area contributed by atoms with Crippen LogP contribution in [0.2, 0.25) is 0 Å². The molecule has 0 unspecified atom stereocenters. The third kappa shape index (κ3) is 5.88. The van der Waals surface area contributed by atoms with Crippen LogP contribution in [0, 0.1) is 6.92 Å². The summed E-state index contributed by atoms with van der Waals surface area (Å²) in [5, 5.41) is 3.83. The van der Waals surface area contributed by atoms with Crippen LogP contribution in [0.15, 0.2) is 93.0 Å². The van der Waals surface area contributed by atoms with E-state index >= 15 is 0 Å². The van der Waals surface area contributed by atoms with Crippen LogP contribution in [0.5, 0.6) is 6.01 Å². The molecule has 0 aliphatic rings. The van der Waals surface area contributed by atoms with Gasteiger partial charge in [0.15, 0.2) is 5.82 Å². The molecule has 0 atom stereocenters. The second-order valence-electron chi connectivity index (χ2n) is 8.63. The van der Waals surface area contributed by atoms with Crippen LogP contribution in [0.25, 0.3) is 22.5 Å². The Labute approximate surface area is 243 Å². The molecule has 0 saturated carbocycles. The van der Waals surface area contributed by atoms with E-state index in [9.17, 15) is 9.59 Å². The first kappa shape index (κ1) is 27.3. The van der Waals surface area contributed by atoms with E-state index in [2.05, 4.69) is 19.6 Å². The molecular weight excluding hydrogens is 491 g/mol. The van der Waals surface area contributed by atoms with Crippen LogP contribution >= 0.6 is 0 Å². The zero-order chi connectivity index (χ0) is 25.8. The Morgan fingerprint density at radius 3 is 2.26 bits per heavy atom. The van der Waals surface area contributed by atoms with Gasteiger partial charge in [0.2, 0.25) is 0 Å². The predicted molar refractivity (Wildman–Crippen MR) is 142 cm³/mol. The van der Waals surface area contributed by atoms with Gasteiger partial charge in [0.25, 0.3) is 11.6 Å². The summed E-state index contributed by atoms with van der Waals surface area (Å²) in [6, 6.07) is 25.7. The maximum atomic E-state index is 13.6. The molecule has 0 radical (unpaired) electrons. The van der Waals surface area contributed by atoms with Crippen molar-refractivity contribution in [1.82, 2.24) is 19.7 Å². The van der Waals surface area contributed by atoms with Crippen molar-refractivity contribution in [1.29, 1.82) is 0 Å². The number of benzene rings is 3. The first-order valence-electron chi connectivity index (χ1n) is 12.0. The number of aromatic nitrogens is 4. The van der Waals surface area contributed by atoms with Crippen molar-refractivity contribution in [3.05, 3.63) is 122 Å². The van der Waals surface area contributed by atoms with Gasteiger partial charge in [0.1, 0.15) is 0 Å². The van der Waals surface area contributed by atoms with Gasteiger partial charge in [0.05, 0.1) is 18.8 Å². The zero-order valence-corrected chi connectivity index (χ0v) is 23.6. The molecular formula is C29H27N4NaO4. The van der Waals surface area contributed by atoms with Gasteiger partial charge in [-0.2, -0.15) is 0 Å². The molecule has 2 aromatic heterocycles. The molecule has 188 valence electrons. The Hall–Kier alpha value is -3.72. The Morgan fingerprint density at radius 1 is 0.921 bits per heavy atom. The minimum atomic E-state index is -0.603. The van der Waals surface area contributed by atoms with Crippen LogP contribution in [-0.2, 0) is 13.0 Å². The first-order chi connectivity index (χ1) is 18.0. The predicted octanol–water partition coefficient (Wildman–Crippen LogP) is 1.72. The van der Waals surface area contributed by atoms with Crippen molar-refractivity contribution >= 4 is 0 Å². The number of aromatic amines is 1. The molecule has 1 N–H and O–H groups in total. The molecule has 9 heteroatoms. The van der Waals surface area contributed by atoms with Gasteiger partial charge >= 0.3 is 35.3 Å². The van der Waals surface area contributed by atoms with Crippen molar-refractivity contribution in [2.75, 3.05) is 6.61 Å². The maximum absolute atomic E-state index is 13.6. The number of H-pyrrole nitrogens is 1. The van der Waals surface area contributed by atoms with E-state index in [0.717, 1.165) is 27.8 Å². The number of hydrogen-bond donors (Lipinski definition) is 1. The van der Waals surface area contributed by atoms with Crippen molar-refractivity contribution in [2.45, 2.75) is 26.8 Å². The molecule has 5 rings (SSSR count). The molecule has 0 amide bonds. The van der Waals surface area contributed by atoms with E-state index in [0.29, 0.717) is 42.7 Å². The van der Waals surface area contributed by atoms with Crippen LogP contribution in [0.3, 0.4) is 0 Å². The largest absolute Gasteiger partial charge is 1.00 e. The molecule has 2 heterocycles. The SMILES string of the molecule is CCOc1nc(C)c(Cc2ccccc2)c(=O)n1Cc1ccc(-c2ccccc2-c2noc(=O)[nH]2)cc1.[H-].[Na+]. The van der Waals surface area contributed by atoms with Crippen LogP contribution in [0.4, 0.5) is 0 Å². The van der Waals surface area contributed by atoms with Crippen LogP contribution < -0.4 is 45.6 Å². The van der Waals surface area contributed by atoms with E-state index in [1.807, 2.05) is 92.7 Å². The van der Waals surface area contributed by atoms with Crippen molar-refractivity contribution in [3.8, 4) is 28.5 Å². The minimum Gasteiger partial charge on any atom is -1.00 e. The molecule has 5 aromatic rings. The smallest absolute Gasteiger partial charge is 1.00 e. The van der Waals surface area contributed by atoms with Gasteiger partial charge < -0.3 is 6.16 Å². The fourth-order valence-corrected chi connectivity index (χ4v) is 4.32. The molecule has 8 nitrogen and oxygen atoms in total. The average molecular weight is 519 g/mol. The van der Waals surface area contributed by atoms with Gasteiger partial charge in [-0.25, -0.2) is 9.78 Å². The molecule has 0 fully saturated rings. The summed E-state index contributed by atoms with van der Waals surface area (Å²) < 4.78 is 12.0. The van der Waals surface area contributed by atoms with E-state index in [1.54, 1.807) is 4.57 Å². The number of aryl methyl sites for hydroxylation is 1. The molecule has 3 aromatic carbocycles. The second-order valence-corrected chi connectivity index (χ2v) is 8.63. The standard InChI is InChI=1S/C29H26N4O4.Na.H/c1-3-36-28-30-19(2)25(17-20-9-5-4-6-10-20)27(34)33(28)18-21-13-15-22(16-14-21)23-11-7-8-12-24(23)26-31-29(35)37-32-26;;/h4-16H,3,17-18H2,1-2H3,(H,31,32,35);;/q;+1;-1. The van der Waals surface area contributed by atoms with Gasteiger partial charge in [0, 0.05) is 17.5 Å². The topological polar surface area (TPSA) is 103 Å². The van der Waals surface area contributed by atoms with Crippen molar-refractivity contribution in [2.24, 2.45) is 0 Å². The molecule has 0 saturated heterocycles. The van der Waals surface area contributed by atoms with E-state index < -0.39 is 5.76 Å². The molecule has 38 heavy (non-hydrogen) atoms. The summed E-state index contributed by atoms with van der Waals surface area (Å²) in [6.45, 7) is 4.45. The van der Waals surface area contributed by atoms with Crippen molar-refractivity contribution < 1.29 is 40.2 Å². The van der Waals surface area contributed by atoms with E-state index in [-0.39, 0.29) is 36.5 Å². The number of nitrogens with zero attached hydrogens (tertiary/aromatic N) is 3. The van der Waals surface area contributed by atoms with Crippen molar-refractivity contribution in [3.63, 3.8) is 0 Å². The summed E-state index contributed by atoms with van der Waals surface area (Å²) >= 11 is 0. The number of hydrogen-bond acceptors (Lipinski definition) is 6.